The predicted octanol–water partition coefficient (Wildman–Crippen LogP) is 4.90. The van der Waals surface area contributed by atoms with E-state index < -0.39 is 6.36 Å². The zero-order valence-corrected chi connectivity index (χ0v) is 17.0. The van der Waals surface area contributed by atoms with Gasteiger partial charge in [0.05, 0.1) is 11.0 Å². The number of fused-ring (bicyclic) bond motifs is 1. The van der Waals surface area contributed by atoms with Crippen LogP contribution in [-0.2, 0) is 6.54 Å². The number of ether oxygens (including phenoxy) is 1. The van der Waals surface area contributed by atoms with Gasteiger partial charge in [0.1, 0.15) is 12.1 Å². The number of imidazole rings is 1. The molecule has 0 fully saturated rings. The van der Waals surface area contributed by atoms with E-state index in [0.717, 1.165) is 22.5 Å². The lowest BCUT2D eigenvalue weighted by atomic mass is 10.2. The number of anilines is 1. The number of nitrogens with one attached hydrogen (secondary N) is 2. The van der Waals surface area contributed by atoms with Gasteiger partial charge >= 0.3 is 6.36 Å². The van der Waals surface area contributed by atoms with Crippen LogP contribution in [0.2, 0.25) is 0 Å². The monoisotopic (exact) mass is 440 g/mol. The van der Waals surface area contributed by atoms with Crippen LogP contribution < -0.4 is 15.4 Å². The molecule has 3 aromatic carbocycles. The Morgan fingerprint density at radius 2 is 1.75 bits per heavy atom. The molecule has 4 aromatic rings. The van der Waals surface area contributed by atoms with E-state index in [9.17, 15) is 18.0 Å². The standard InChI is InChI=1S/C23H19F3N4O2/c1-27-22(31)16-4-11-21-20(12-16)29-14-30(21)18-7-5-17(6-8-18)28-13-15-2-9-19(10-3-15)32-23(24,25)26/h2-12,14,28H,13H2,1H3,(H,27,31). The molecule has 4 rings (SSSR count). The van der Waals surface area contributed by atoms with Crippen LogP contribution in [-0.4, -0.2) is 28.9 Å². The summed E-state index contributed by atoms with van der Waals surface area (Å²) < 4.78 is 42.5. The summed E-state index contributed by atoms with van der Waals surface area (Å²) in [7, 11) is 1.58. The molecule has 0 radical (unpaired) electrons. The van der Waals surface area contributed by atoms with Crippen molar-refractivity contribution < 1.29 is 22.7 Å². The van der Waals surface area contributed by atoms with Crippen molar-refractivity contribution in [2.75, 3.05) is 12.4 Å². The topological polar surface area (TPSA) is 68.2 Å². The highest BCUT2D eigenvalue weighted by molar-refractivity contribution is 5.97. The lowest BCUT2D eigenvalue weighted by Crippen LogP contribution is -2.17. The molecular formula is C23H19F3N4O2. The van der Waals surface area contributed by atoms with Crippen molar-refractivity contribution in [1.82, 2.24) is 14.9 Å². The van der Waals surface area contributed by atoms with Crippen LogP contribution in [0.15, 0.2) is 73.1 Å². The fourth-order valence-corrected chi connectivity index (χ4v) is 3.26. The van der Waals surface area contributed by atoms with Crippen molar-refractivity contribution in [2.45, 2.75) is 12.9 Å². The summed E-state index contributed by atoms with van der Waals surface area (Å²) in [5, 5.41) is 5.83. The van der Waals surface area contributed by atoms with Crippen LogP contribution in [0.1, 0.15) is 15.9 Å². The third kappa shape index (κ3) is 4.83. The van der Waals surface area contributed by atoms with Crippen LogP contribution >= 0.6 is 0 Å². The number of rotatable bonds is 6. The second-order valence-corrected chi connectivity index (χ2v) is 6.99. The minimum absolute atomic E-state index is 0.167. The Morgan fingerprint density at radius 3 is 2.41 bits per heavy atom. The van der Waals surface area contributed by atoms with Crippen molar-refractivity contribution >= 4 is 22.6 Å². The molecule has 0 aliphatic rings. The minimum Gasteiger partial charge on any atom is -0.406 e. The van der Waals surface area contributed by atoms with Gasteiger partial charge in [0, 0.05) is 30.5 Å². The van der Waals surface area contributed by atoms with E-state index in [0.29, 0.717) is 17.6 Å². The van der Waals surface area contributed by atoms with Gasteiger partial charge in [-0.25, -0.2) is 4.98 Å². The van der Waals surface area contributed by atoms with E-state index in [1.54, 1.807) is 37.6 Å². The highest BCUT2D eigenvalue weighted by Gasteiger charge is 2.30. The number of amides is 1. The molecule has 1 aromatic heterocycles. The molecule has 164 valence electrons. The lowest BCUT2D eigenvalue weighted by molar-refractivity contribution is -0.274. The van der Waals surface area contributed by atoms with E-state index in [-0.39, 0.29) is 11.7 Å². The van der Waals surface area contributed by atoms with Gasteiger partial charge in [0.15, 0.2) is 0 Å². The fourth-order valence-electron chi connectivity index (χ4n) is 3.26. The van der Waals surface area contributed by atoms with Gasteiger partial charge in [-0.1, -0.05) is 12.1 Å². The van der Waals surface area contributed by atoms with Gasteiger partial charge in [-0.15, -0.1) is 13.2 Å². The Bertz CT molecular complexity index is 1230. The molecule has 9 heteroatoms. The molecule has 0 spiro atoms. The van der Waals surface area contributed by atoms with Crippen molar-refractivity contribution in [2.24, 2.45) is 0 Å². The van der Waals surface area contributed by atoms with Gasteiger partial charge in [-0.2, -0.15) is 0 Å². The first kappa shape index (κ1) is 21.2. The van der Waals surface area contributed by atoms with E-state index in [1.165, 1.54) is 12.1 Å². The number of halogens is 3. The molecule has 0 unspecified atom stereocenters. The molecule has 2 N–H and O–H groups in total. The van der Waals surface area contributed by atoms with Gasteiger partial charge in [-0.05, 0) is 60.2 Å². The maximum Gasteiger partial charge on any atom is 0.573 e. The number of carbonyl (C=O) groups is 1. The number of hydrogen-bond acceptors (Lipinski definition) is 4. The Hall–Kier alpha value is -4.01. The highest BCUT2D eigenvalue weighted by Crippen LogP contribution is 2.24. The molecular weight excluding hydrogens is 421 g/mol. The normalized spacial score (nSPS) is 11.4. The van der Waals surface area contributed by atoms with Crippen molar-refractivity contribution in [3.05, 3.63) is 84.2 Å². The van der Waals surface area contributed by atoms with Crippen molar-refractivity contribution in [3.8, 4) is 11.4 Å². The van der Waals surface area contributed by atoms with Gasteiger partial charge in [0.25, 0.3) is 5.91 Å². The van der Waals surface area contributed by atoms with Crippen LogP contribution in [0.3, 0.4) is 0 Å². The van der Waals surface area contributed by atoms with Crippen LogP contribution in [0, 0.1) is 0 Å². The number of nitrogens with zero attached hydrogens (tertiary/aromatic N) is 2. The number of benzene rings is 3. The van der Waals surface area contributed by atoms with Crippen LogP contribution in [0.5, 0.6) is 5.75 Å². The largest absolute Gasteiger partial charge is 0.573 e. The third-order valence-electron chi connectivity index (χ3n) is 4.84. The van der Waals surface area contributed by atoms with Gasteiger partial charge in [0.2, 0.25) is 0 Å². The van der Waals surface area contributed by atoms with Crippen LogP contribution in [0.4, 0.5) is 18.9 Å². The summed E-state index contributed by atoms with van der Waals surface area (Å²) in [6.45, 7) is 0.446. The molecule has 32 heavy (non-hydrogen) atoms. The van der Waals surface area contributed by atoms with E-state index in [2.05, 4.69) is 20.4 Å². The SMILES string of the molecule is CNC(=O)c1ccc2c(c1)ncn2-c1ccc(NCc2ccc(OC(F)(F)F)cc2)cc1. The zero-order valence-electron chi connectivity index (χ0n) is 17.0. The highest BCUT2D eigenvalue weighted by atomic mass is 19.4. The Labute approximate surface area is 181 Å². The summed E-state index contributed by atoms with van der Waals surface area (Å²) in [5.41, 5.74) is 4.71. The summed E-state index contributed by atoms with van der Waals surface area (Å²) in [5.74, 6) is -0.417. The maximum atomic E-state index is 12.2. The number of carbonyl (C=O) groups excluding carboxylic acids is 1. The van der Waals surface area contributed by atoms with Gasteiger partial charge in [-0.3, -0.25) is 9.36 Å². The number of aromatic nitrogens is 2. The molecule has 0 saturated heterocycles. The average Bonchev–Trinajstić information content (AvgIpc) is 3.20. The van der Waals surface area contributed by atoms with Crippen LogP contribution in [0.25, 0.3) is 16.7 Å². The minimum atomic E-state index is -4.70. The Morgan fingerprint density at radius 1 is 1.03 bits per heavy atom. The molecule has 6 nitrogen and oxygen atoms in total. The summed E-state index contributed by atoms with van der Waals surface area (Å²) in [4.78, 5) is 16.2. The van der Waals surface area contributed by atoms with Gasteiger partial charge < -0.3 is 15.4 Å². The van der Waals surface area contributed by atoms with Crippen molar-refractivity contribution in [3.63, 3.8) is 0 Å². The maximum absolute atomic E-state index is 12.2. The fraction of sp³-hybridized carbons (Fsp3) is 0.130. The second-order valence-electron chi connectivity index (χ2n) is 6.99. The molecule has 0 saturated carbocycles. The number of hydrogen-bond donors (Lipinski definition) is 2. The molecule has 0 bridgehead atoms. The third-order valence-corrected chi connectivity index (χ3v) is 4.84. The zero-order chi connectivity index (χ0) is 22.7. The first-order valence-electron chi connectivity index (χ1n) is 9.70. The molecule has 0 atom stereocenters. The molecule has 0 aliphatic heterocycles. The van der Waals surface area contributed by atoms with E-state index in [1.807, 2.05) is 34.9 Å². The molecule has 1 amide bonds. The van der Waals surface area contributed by atoms with E-state index >= 15 is 0 Å². The molecule has 0 aliphatic carbocycles. The summed E-state index contributed by atoms with van der Waals surface area (Å²) >= 11 is 0. The lowest BCUT2D eigenvalue weighted by Gasteiger charge is -2.11. The summed E-state index contributed by atoms with van der Waals surface area (Å²) in [6.07, 6.45) is -3.00. The Balaban J connectivity index is 1.43. The quantitative estimate of drug-likeness (QED) is 0.448. The number of alkyl halides is 3. The predicted molar refractivity (Wildman–Crippen MR) is 115 cm³/mol. The van der Waals surface area contributed by atoms with E-state index in [4.69, 9.17) is 0 Å². The Kier molecular flexibility index (Phi) is 5.72. The van der Waals surface area contributed by atoms with Crippen molar-refractivity contribution in [1.29, 1.82) is 0 Å². The first-order valence-corrected chi connectivity index (χ1v) is 9.70. The smallest absolute Gasteiger partial charge is 0.406 e. The second kappa shape index (κ2) is 8.62. The average molecular weight is 440 g/mol. The first-order chi connectivity index (χ1) is 15.3. The molecule has 1 heterocycles. The summed E-state index contributed by atoms with van der Waals surface area (Å²) in [6, 6.07) is 18.7.